The van der Waals surface area contributed by atoms with Crippen molar-refractivity contribution in [3.8, 4) is 5.19 Å². The average molecular weight is 205 g/mol. The first kappa shape index (κ1) is 8.31. The Hall–Kier alpha value is -1.30. The Morgan fingerprint density at radius 1 is 1.23 bits per heavy atom. The molecule has 0 radical (unpaired) electrons. The van der Waals surface area contributed by atoms with Gasteiger partial charge in [0, 0.05) is 0 Å². The maximum Gasteiger partial charge on any atom is 0.271 e. The number of benzene rings is 1. The van der Waals surface area contributed by atoms with E-state index in [4.69, 9.17) is 5.11 Å². The smallest absolute Gasteiger partial charge is 0.271 e. The van der Waals surface area contributed by atoms with Gasteiger partial charge in [-0.15, -0.1) is 0 Å². The molecular formula is C7H2F3NOS. The lowest BCUT2D eigenvalue weighted by Gasteiger charge is -1.94. The molecule has 2 nitrogen and oxygen atoms in total. The summed E-state index contributed by atoms with van der Waals surface area (Å²) < 4.78 is 38.2. The molecule has 0 aliphatic carbocycles. The van der Waals surface area contributed by atoms with Crippen molar-refractivity contribution in [3.63, 3.8) is 0 Å². The van der Waals surface area contributed by atoms with Crippen LogP contribution in [0.4, 0.5) is 13.2 Å². The third-order valence-corrected chi connectivity index (χ3v) is 2.32. The number of thiazole rings is 1. The first-order valence-corrected chi connectivity index (χ1v) is 4.04. The Morgan fingerprint density at radius 3 is 2.62 bits per heavy atom. The Balaban J connectivity index is 2.92. The normalized spacial score (nSPS) is 11.0. The van der Waals surface area contributed by atoms with Crippen LogP contribution in [-0.2, 0) is 0 Å². The SMILES string of the molecule is Oc1nc2c(F)c(F)c(F)cc2s1. The van der Waals surface area contributed by atoms with E-state index in [0.29, 0.717) is 11.3 Å². The predicted molar refractivity (Wildman–Crippen MR) is 41.2 cm³/mol. The molecule has 6 heteroatoms. The highest BCUT2D eigenvalue weighted by molar-refractivity contribution is 7.20. The lowest BCUT2D eigenvalue weighted by Crippen LogP contribution is -1.90. The number of halogens is 3. The van der Waals surface area contributed by atoms with Gasteiger partial charge in [-0.05, 0) is 6.07 Å². The molecule has 0 aliphatic rings. The molecule has 68 valence electrons. The standard InChI is InChI=1S/C7H2F3NOS/c8-2-1-3-6(5(10)4(2)9)11-7(12)13-3/h1H,(H,11,12). The molecule has 0 atom stereocenters. The van der Waals surface area contributed by atoms with E-state index in [-0.39, 0.29) is 10.2 Å². The van der Waals surface area contributed by atoms with Gasteiger partial charge in [-0.25, -0.2) is 13.2 Å². The molecule has 0 saturated carbocycles. The van der Waals surface area contributed by atoms with Crippen LogP contribution in [-0.4, -0.2) is 10.1 Å². The second-order valence-electron chi connectivity index (χ2n) is 2.33. The second kappa shape index (κ2) is 2.59. The summed E-state index contributed by atoms with van der Waals surface area (Å²) in [5.41, 5.74) is -0.346. The molecule has 0 fully saturated rings. The van der Waals surface area contributed by atoms with Crippen LogP contribution in [0.3, 0.4) is 0 Å². The molecule has 13 heavy (non-hydrogen) atoms. The predicted octanol–water partition coefficient (Wildman–Crippen LogP) is 2.42. The lowest BCUT2D eigenvalue weighted by molar-refractivity contribution is 0.450. The van der Waals surface area contributed by atoms with Gasteiger partial charge in [0.15, 0.2) is 17.5 Å². The number of nitrogens with zero attached hydrogens (tertiary/aromatic N) is 1. The van der Waals surface area contributed by atoms with Crippen LogP contribution in [0.25, 0.3) is 10.2 Å². The van der Waals surface area contributed by atoms with Crippen LogP contribution >= 0.6 is 11.3 Å². The number of rotatable bonds is 0. The maximum atomic E-state index is 12.9. The molecule has 0 aliphatic heterocycles. The summed E-state index contributed by atoms with van der Waals surface area (Å²) in [6, 6.07) is 0.797. The van der Waals surface area contributed by atoms with E-state index in [1.807, 2.05) is 0 Å². The van der Waals surface area contributed by atoms with Gasteiger partial charge in [0.05, 0.1) is 4.70 Å². The summed E-state index contributed by atoms with van der Waals surface area (Å²) in [4.78, 5) is 3.31. The summed E-state index contributed by atoms with van der Waals surface area (Å²) >= 11 is 0.687. The molecule has 1 aromatic carbocycles. The number of aromatic hydroxyl groups is 1. The Morgan fingerprint density at radius 2 is 1.92 bits per heavy atom. The van der Waals surface area contributed by atoms with E-state index in [1.54, 1.807) is 0 Å². The molecule has 2 rings (SSSR count). The number of aromatic nitrogens is 1. The first-order valence-electron chi connectivity index (χ1n) is 3.22. The van der Waals surface area contributed by atoms with Gasteiger partial charge in [0.2, 0.25) is 0 Å². The maximum absolute atomic E-state index is 12.9. The molecule has 2 aromatic rings. The fourth-order valence-electron chi connectivity index (χ4n) is 0.963. The highest BCUT2D eigenvalue weighted by Crippen LogP contribution is 2.30. The summed E-state index contributed by atoms with van der Waals surface area (Å²) in [6.07, 6.45) is 0. The van der Waals surface area contributed by atoms with E-state index in [9.17, 15) is 13.2 Å². The van der Waals surface area contributed by atoms with Gasteiger partial charge in [-0.3, -0.25) is 0 Å². The topological polar surface area (TPSA) is 33.1 Å². The molecule has 1 aromatic heterocycles. The molecular weight excluding hydrogens is 203 g/mol. The second-order valence-corrected chi connectivity index (χ2v) is 3.34. The van der Waals surface area contributed by atoms with Crippen LogP contribution in [0.2, 0.25) is 0 Å². The van der Waals surface area contributed by atoms with Crippen LogP contribution in [0.5, 0.6) is 5.19 Å². The average Bonchev–Trinajstić information content (AvgIpc) is 2.42. The van der Waals surface area contributed by atoms with Crippen molar-refractivity contribution in [3.05, 3.63) is 23.5 Å². The van der Waals surface area contributed by atoms with E-state index in [2.05, 4.69) is 4.98 Å². The minimum absolute atomic E-state index is 0.0777. The zero-order valence-electron chi connectivity index (χ0n) is 6.01. The zero-order valence-corrected chi connectivity index (χ0v) is 6.83. The van der Waals surface area contributed by atoms with Crippen LogP contribution in [0, 0.1) is 17.5 Å². The summed E-state index contributed by atoms with van der Waals surface area (Å²) in [5, 5.41) is 8.44. The van der Waals surface area contributed by atoms with Crippen molar-refractivity contribution < 1.29 is 18.3 Å². The van der Waals surface area contributed by atoms with Crippen molar-refractivity contribution in [1.29, 1.82) is 0 Å². The minimum atomic E-state index is -1.57. The zero-order chi connectivity index (χ0) is 9.59. The molecule has 0 saturated heterocycles. The minimum Gasteiger partial charge on any atom is -0.486 e. The van der Waals surface area contributed by atoms with Crippen molar-refractivity contribution >= 4 is 21.6 Å². The van der Waals surface area contributed by atoms with Gasteiger partial charge >= 0.3 is 0 Å². The molecule has 1 heterocycles. The third kappa shape index (κ3) is 1.14. The fraction of sp³-hybridized carbons (Fsp3) is 0. The van der Waals surface area contributed by atoms with E-state index in [0.717, 1.165) is 6.07 Å². The number of fused-ring (bicyclic) bond motifs is 1. The van der Waals surface area contributed by atoms with Gasteiger partial charge in [-0.2, -0.15) is 4.98 Å². The Kier molecular flexibility index (Phi) is 1.66. The van der Waals surface area contributed by atoms with Crippen molar-refractivity contribution in [2.45, 2.75) is 0 Å². The molecule has 0 amide bonds. The highest BCUT2D eigenvalue weighted by atomic mass is 32.1. The quantitative estimate of drug-likeness (QED) is 0.670. The molecule has 0 spiro atoms. The lowest BCUT2D eigenvalue weighted by atomic mass is 10.3. The first-order chi connectivity index (χ1) is 6.09. The Labute approximate surface area is 74.3 Å². The van der Waals surface area contributed by atoms with Gasteiger partial charge in [0.25, 0.3) is 5.19 Å². The van der Waals surface area contributed by atoms with Crippen LogP contribution in [0.1, 0.15) is 0 Å². The van der Waals surface area contributed by atoms with E-state index < -0.39 is 22.6 Å². The molecule has 1 N–H and O–H groups in total. The summed E-state index contributed by atoms with van der Waals surface area (Å²) in [5.74, 6) is -4.22. The third-order valence-electron chi connectivity index (χ3n) is 1.51. The summed E-state index contributed by atoms with van der Waals surface area (Å²) in [6.45, 7) is 0. The summed E-state index contributed by atoms with van der Waals surface area (Å²) in [7, 11) is 0. The molecule has 0 bridgehead atoms. The van der Waals surface area contributed by atoms with Crippen molar-refractivity contribution in [2.75, 3.05) is 0 Å². The van der Waals surface area contributed by atoms with E-state index in [1.165, 1.54) is 0 Å². The van der Waals surface area contributed by atoms with Crippen molar-refractivity contribution in [2.24, 2.45) is 0 Å². The monoisotopic (exact) mass is 205 g/mol. The Bertz CT molecular complexity index is 482. The number of hydrogen-bond donors (Lipinski definition) is 1. The van der Waals surface area contributed by atoms with E-state index >= 15 is 0 Å². The van der Waals surface area contributed by atoms with Gasteiger partial charge in [0.1, 0.15) is 5.52 Å². The highest BCUT2D eigenvalue weighted by Gasteiger charge is 2.16. The molecule has 0 unspecified atom stereocenters. The largest absolute Gasteiger partial charge is 0.486 e. The van der Waals surface area contributed by atoms with Crippen molar-refractivity contribution in [1.82, 2.24) is 4.98 Å². The van der Waals surface area contributed by atoms with Crippen LogP contribution < -0.4 is 0 Å². The van der Waals surface area contributed by atoms with Gasteiger partial charge in [-0.1, -0.05) is 11.3 Å². The van der Waals surface area contributed by atoms with Crippen LogP contribution in [0.15, 0.2) is 6.07 Å². The fourth-order valence-corrected chi connectivity index (χ4v) is 1.69. The number of hydrogen-bond acceptors (Lipinski definition) is 3. The van der Waals surface area contributed by atoms with Gasteiger partial charge < -0.3 is 5.11 Å².